The van der Waals surface area contributed by atoms with E-state index in [1.807, 2.05) is 0 Å². The molecule has 12 heteroatoms. The Balaban J connectivity index is 1.60. The molecule has 176 valence electrons. The smallest absolute Gasteiger partial charge is 0.350 e. The van der Waals surface area contributed by atoms with Gasteiger partial charge in [0.25, 0.3) is 0 Å². The van der Waals surface area contributed by atoms with Gasteiger partial charge in [-0.1, -0.05) is 6.07 Å². The monoisotopic (exact) mass is 472 g/mol. The number of ether oxygens (including phenoxy) is 1. The summed E-state index contributed by atoms with van der Waals surface area (Å²) in [6, 6.07) is 7.13. The number of aryl methyl sites for hydroxylation is 1. The highest BCUT2D eigenvalue weighted by atomic mass is 19.1. The van der Waals surface area contributed by atoms with Crippen LogP contribution in [0.2, 0.25) is 0 Å². The summed E-state index contributed by atoms with van der Waals surface area (Å²) < 4.78 is 51.5. The second kappa shape index (κ2) is 8.89. The molecular weight excluding hydrogens is 453 g/mol. The molecule has 0 radical (unpaired) electrons. The van der Waals surface area contributed by atoms with Gasteiger partial charge in [-0.2, -0.15) is 14.9 Å². The van der Waals surface area contributed by atoms with Gasteiger partial charge in [0.05, 0.1) is 24.3 Å². The van der Waals surface area contributed by atoms with Crippen LogP contribution >= 0.6 is 0 Å². The fourth-order valence-corrected chi connectivity index (χ4v) is 3.43. The van der Waals surface area contributed by atoms with E-state index in [-0.39, 0.29) is 35.8 Å². The lowest BCUT2D eigenvalue weighted by atomic mass is 10.2. The third kappa shape index (κ3) is 4.29. The van der Waals surface area contributed by atoms with E-state index in [2.05, 4.69) is 10.2 Å². The molecule has 2 aromatic heterocycles. The van der Waals surface area contributed by atoms with Crippen LogP contribution in [-0.2, 0) is 24.8 Å². The highest BCUT2D eigenvalue weighted by molar-refractivity contribution is 5.76. The standard InChI is InChI=1S/C22H19F3N6O3/c1-12-18(9-20(26)32)28-29(2)21(12)34-19-7-6-13(8-17(19)25)31-22(33)30(11-27-31)10-14-15(23)4-3-5-16(14)24/h3-8,11H,9-10H2,1-2H3,(H2,26,32). The van der Waals surface area contributed by atoms with Crippen LogP contribution in [0, 0.1) is 24.4 Å². The van der Waals surface area contributed by atoms with Crippen molar-refractivity contribution >= 4 is 5.91 Å². The molecule has 4 aromatic rings. The number of carbonyl (C=O) groups is 1. The molecule has 4 rings (SSSR count). The largest absolute Gasteiger partial charge is 0.436 e. The Morgan fingerprint density at radius 3 is 2.47 bits per heavy atom. The summed E-state index contributed by atoms with van der Waals surface area (Å²) >= 11 is 0. The lowest BCUT2D eigenvalue weighted by Gasteiger charge is -2.09. The quantitative estimate of drug-likeness (QED) is 0.444. The number of primary amides is 1. The number of nitrogens with two attached hydrogens (primary N) is 1. The first-order valence-corrected chi connectivity index (χ1v) is 10.0. The Kier molecular flexibility index (Phi) is 5.97. The van der Waals surface area contributed by atoms with E-state index in [4.69, 9.17) is 10.5 Å². The number of carbonyl (C=O) groups excluding carboxylic acids is 1. The van der Waals surface area contributed by atoms with Gasteiger partial charge in [-0.25, -0.2) is 22.6 Å². The first-order valence-electron chi connectivity index (χ1n) is 10.0. The number of hydrogen-bond donors (Lipinski definition) is 1. The highest BCUT2D eigenvalue weighted by Gasteiger charge is 2.19. The first kappa shape index (κ1) is 22.8. The van der Waals surface area contributed by atoms with Gasteiger partial charge in [0, 0.05) is 24.2 Å². The van der Waals surface area contributed by atoms with Gasteiger partial charge in [-0.05, 0) is 31.2 Å². The molecular formula is C22H19F3N6O3. The van der Waals surface area contributed by atoms with Crippen molar-refractivity contribution in [3.05, 3.63) is 87.5 Å². The summed E-state index contributed by atoms with van der Waals surface area (Å²) in [5.74, 6) is -2.88. The van der Waals surface area contributed by atoms with Gasteiger partial charge < -0.3 is 10.5 Å². The second-order valence-corrected chi connectivity index (χ2v) is 7.51. The molecule has 0 unspecified atom stereocenters. The second-order valence-electron chi connectivity index (χ2n) is 7.51. The van der Waals surface area contributed by atoms with Crippen LogP contribution in [0.4, 0.5) is 13.2 Å². The van der Waals surface area contributed by atoms with Crippen molar-refractivity contribution in [2.24, 2.45) is 12.8 Å². The summed E-state index contributed by atoms with van der Waals surface area (Å²) in [5, 5.41) is 8.07. The molecule has 1 amide bonds. The van der Waals surface area contributed by atoms with Gasteiger partial charge >= 0.3 is 5.69 Å². The van der Waals surface area contributed by atoms with Crippen molar-refractivity contribution in [3.8, 4) is 17.3 Å². The molecule has 0 aliphatic heterocycles. The van der Waals surface area contributed by atoms with E-state index >= 15 is 0 Å². The van der Waals surface area contributed by atoms with Gasteiger partial charge in [0.15, 0.2) is 11.6 Å². The Morgan fingerprint density at radius 2 is 1.82 bits per heavy atom. The summed E-state index contributed by atoms with van der Waals surface area (Å²) in [6.45, 7) is 1.28. The minimum absolute atomic E-state index is 0.0822. The molecule has 0 aliphatic rings. The van der Waals surface area contributed by atoms with Crippen LogP contribution in [0.3, 0.4) is 0 Å². The van der Waals surface area contributed by atoms with Crippen molar-refractivity contribution < 1.29 is 22.7 Å². The average molecular weight is 472 g/mol. The predicted molar refractivity (Wildman–Crippen MR) is 114 cm³/mol. The minimum atomic E-state index is -0.795. The maximum atomic E-state index is 14.8. The van der Waals surface area contributed by atoms with Crippen molar-refractivity contribution in [1.82, 2.24) is 24.1 Å². The molecule has 9 nitrogen and oxygen atoms in total. The fraction of sp³-hybridized carbons (Fsp3) is 0.182. The first-order chi connectivity index (χ1) is 16.2. The number of nitrogens with zero attached hydrogens (tertiary/aromatic N) is 5. The average Bonchev–Trinajstić information content (AvgIpc) is 3.25. The number of benzene rings is 2. The van der Waals surface area contributed by atoms with Crippen molar-refractivity contribution in [1.29, 1.82) is 0 Å². The lowest BCUT2D eigenvalue weighted by molar-refractivity contribution is -0.117. The maximum Gasteiger partial charge on any atom is 0.350 e. The number of aromatic nitrogens is 5. The van der Waals surface area contributed by atoms with E-state index in [1.165, 1.54) is 22.9 Å². The molecule has 2 aromatic carbocycles. The predicted octanol–water partition coefficient (Wildman–Crippen LogP) is 2.36. The zero-order valence-corrected chi connectivity index (χ0v) is 18.1. The van der Waals surface area contributed by atoms with E-state index < -0.39 is 29.0 Å². The van der Waals surface area contributed by atoms with Crippen LogP contribution in [0.1, 0.15) is 16.8 Å². The molecule has 0 fully saturated rings. The molecule has 0 saturated carbocycles. The number of rotatable bonds is 7. The van der Waals surface area contributed by atoms with Crippen LogP contribution in [0.15, 0.2) is 47.5 Å². The Morgan fingerprint density at radius 1 is 1.12 bits per heavy atom. The molecule has 0 saturated heterocycles. The van der Waals surface area contributed by atoms with Gasteiger partial charge in [-0.3, -0.25) is 9.36 Å². The van der Waals surface area contributed by atoms with Gasteiger partial charge in [0.2, 0.25) is 11.8 Å². The van der Waals surface area contributed by atoms with E-state index in [1.54, 1.807) is 14.0 Å². The summed E-state index contributed by atoms with van der Waals surface area (Å²) in [6.07, 6.45) is 1.02. The molecule has 0 aliphatic carbocycles. The third-order valence-electron chi connectivity index (χ3n) is 5.15. The zero-order valence-electron chi connectivity index (χ0n) is 18.1. The number of hydrogen-bond acceptors (Lipinski definition) is 5. The Labute approximate surface area is 190 Å². The van der Waals surface area contributed by atoms with Crippen LogP contribution in [0.5, 0.6) is 11.6 Å². The molecule has 2 N–H and O–H groups in total. The SMILES string of the molecule is Cc1c(CC(N)=O)nn(C)c1Oc1ccc(-n2ncn(Cc3c(F)cccc3F)c2=O)cc1F. The van der Waals surface area contributed by atoms with Gasteiger partial charge in [0.1, 0.15) is 18.0 Å². The summed E-state index contributed by atoms with van der Waals surface area (Å²) in [5.41, 5.74) is 5.23. The number of amides is 1. The van der Waals surface area contributed by atoms with Crippen molar-refractivity contribution in [2.75, 3.05) is 0 Å². The van der Waals surface area contributed by atoms with Gasteiger partial charge in [-0.15, -0.1) is 0 Å². The minimum Gasteiger partial charge on any atom is -0.436 e. The Bertz CT molecular complexity index is 1440. The van der Waals surface area contributed by atoms with E-state index in [0.29, 0.717) is 11.3 Å². The van der Waals surface area contributed by atoms with Crippen molar-refractivity contribution in [2.45, 2.75) is 19.9 Å². The van der Waals surface area contributed by atoms with Crippen LogP contribution < -0.4 is 16.2 Å². The normalized spacial score (nSPS) is 11.1. The van der Waals surface area contributed by atoms with Crippen molar-refractivity contribution in [3.63, 3.8) is 0 Å². The molecule has 2 heterocycles. The summed E-state index contributed by atoms with van der Waals surface area (Å²) in [7, 11) is 1.57. The highest BCUT2D eigenvalue weighted by Crippen LogP contribution is 2.29. The Hall–Kier alpha value is -4.35. The van der Waals surface area contributed by atoms with E-state index in [0.717, 1.165) is 33.8 Å². The molecule has 0 atom stereocenters. The molecule has 0 spiro atoms. The maximum absolute atomic E-state index is 14.8. The number of halogens is 3. The lowest BCUT2D eigenvalue weighted by Crippen LogP contribution is -2.24. The van der Waals surface area contributed by atoms with Crippen LogP contribution in [0.25, 0.3) is 5.69 Å². The third-order valence-corrected chi connectivity index (χ3v) is 5.15. The van der Waals surface area contributed by atoms with Crippen LogP contribution in [-0.4, -0.2) is 30.0 Å². The fourth-order valence-electron chi connectivity index (χ4n) is 3.43. The molecule has 0 bridgehead atoms. The summed E-state index contributed by atoms with van der Waals surface area (Å²) in [4.78, 5) is 23.9. The molecule has 34 heavy (non-hydrogen) atoms. The zero-order chi connectivity index (χ0) is 24.6. The topological polar surface area (TPSA) is 110 Å². The van der Waals surface area contributed by atoms with E-state index in [9.17, 15) is 22.8 Å².